The van der Waals surface area contributed by atoms with Gasteiger partial charge in [-0.3, -0.25) is 9.20 Å². The monoisotopic (exact) mass is 433 g/mol. The number of rotatable bonds is 4. The van der Waals surface area contributed by atoms with Crippen molar-refractivity contribution in [1.29, 1.82) is 0 Å². The zero-order valence-electron chi connectivity index (χ0n) is 17.0. The molecule has 0 radical (unpaired) electrons. The smallest absolute Gasteiger partial charge is 0.268 e. The van der Waals surface area contributed by atoms with E-state index in [4.69, 9.17) is 16.7 Å². The van der Waals surface area contributed by atoms with Gasteiger partial charge in [0, 0.05) is 41.6 Å². The van der Waals surface area contributed by atoms with Crippen molar-refractivity contribution >= 4 is 11.6 Å². The summed E-state index contributed by atoms with van der Waals surface area (Å²) in [6.07, 6.45) is 6.54. The Morgan fingerprint density at radius 3 is 2.75 bits per heavy atom. The number of pyridine rings is 1. The van der Waals surface area contributed by atoms with Crippen molar-refractivity contribution in [2.75, 3.05) is 0 Å². The average Bonchev–Trinajstić information content (AvgIpc) is 3.36. The minimum absolute atomic E-state index is 0.195. The van der Waals surface area contributed by atoms with Crippen LogP contribution in [-0.2, 0) is 0 Å². The van der Waals surface area contributed by atoms with Crippen LogP contribution in [0.1, 0.15) is 46.3 Å². The minimum atomic E-state index is -2.68. The molecule has 4 aromatic rings. The van der Waals surface area contributed by atoms with Gasteiger partial charge in [-0.25, -0.2) is 13.8 Å². The number of hydrogen-bond donors (Lipinski definition) is 1. The molecule has 0 aliphatic heterocycles. The first-order valence-electron chi connectivity index (χ1n) is 9.87. The maximum absolute atomic E-state index is 13.2. The number of amides is 1. The number of alkyl halides is 2. The van der Waals surface area contributed by atoms with Gasteiger partial charge in [-0.2, -0.15) is 4.98 Å². The van der Waals surface area contributed by atoms with Crippen LogP contribution < -0.4 is 5.73 Å². The van der Waals surface area contributed by atoms with Crippen LogP contribution in [0.5, 0.6) is 0 Å². The molecule has 1 amide bonds. The molecule has 0 unspecified atom stereocenters. The molecule has 32 heavy (non-hydrogen) atoms. The van der Waals surface area contributed by atoms with E-state index in [1.165, 1.54) is 0 Å². The number of aryl methyl sites for hydroxylation is 1. The lowest BCUT2D eigenvalue weighted by molar-refractivity contribution is -0.0925. The molecule has 1 aliphatic rings. The highest BCUT2D eigenvalue weighted by atomic mass is 19.3. The molecule has 1 aliphatic carbocycles. The first-order chi connectivity index (χ1) is 15.3. The van der Waals surface area contributed by atoms with Gasteiger partial charge in [-0.05, 0) is 30.7 Å². The minimum Gasteiger partial charge on any atom is -0.364 e. The van der Waals surface area contributed by atoms with Gasteiger partial charge in [0.15, 0.2) is 0 Å². The van der Waals surface area contributed by atoms with Gasteiger partial charge in [0.05, 0.1) is 0 Å². The predicted molar refractivity (Wildman–Crippen MR) is 112 cm³/mol. The zero-order chi connectivity index (χ0) is 22.6. The number of nitrogens with two attached hydrogens (primary N) is 1. The topological polar surface area (TPSA) is 99.3 Å². The van der Waals surface area contributed by atoms with E-state index >= 15 is 0 Å². The lowest BCUT2D eigenvalue weighted by atomic mass is 9.81. The lowest BCUT2D eigenvalue weighted by Crippen LogP contribution is -2.33. The fourth-order valence-corrected chi connectivity index (χ4v) is 3.93. The molecule has 160 valence electrons. The van der Waals surface area contributed by atoms with Crippen LogP contribution in [0.4, 0.5) is 8.78 Å². The highest BCUT2D eigenvalue weighted by Gasteiger charge is 2.48. The maximum Gasteiger partial charge on any atom is 0.268 e. The maximum atomic E-state index is 13.2. The van der Waals surface area contributed by atoms with Crippen molar-refractivity contribution in [3.8, 4) is 35.0 Å². The van der Waals surface area contributed by atoms with Crippen molar-refractivity contribution in [3.05, 3.63) is 59.2 Å². The third kappa shape index (κ3) is 3.21. The number of hydrogen-bond acceptors (Lipinski definition) is 5. The van der Waals surface area contributed by atoms with Crippen molar-refractivity contribution in [2.24, 2.45) is 5.73 Å². The predicted octanol–water partition coefficient (Wildman–Crippen LogP) is 3.95. The fraction of sp³-hybridized carbons (Fsp3) is 0.217. The number of imidazole rings is 1. The summed E-state index contributed by atoms with van der Waals surface area (Å²) in [6, 6.07) is 8.78. The lowest BCUT2D eigenvalue weighted by Gasteiger charge is -2.31. The summed E-state index contributed by atoms with van der Waals surface area (Å²) in [5.41, 5.74) is 9.50. The first kappa shape index (κ1) is 19.9. The molecule has 0 spiro atoms. The Kier molecular flexibility index (Phi) is 4.34. The molecular weight excluding hydrogens is 416 g/mol. The second-order valence-electron chi connectivity index (χ2n) is 7.91. The quantitative estimate of drug-likeness (QED) is 0.491. The number of nitrogens with zero attached hydrogens (tertiary/aromatic N) is 4. The van der Waals surface area contributed by atoms with E-state index in [9.17, 15) is 13.6 Å². The van der Waals surface area contributed by atoms with Crippen LogP contribution >= 0.6 is 0 Å². The molecule has 3 heterocycles. The van der Waals surface area contributed by atoms with E-state index < -0.39 is 17.7 Å². The summed E-state index contributed by atoms with van der Waals surface area (Å²) < 4.78 is 33.2. The van der Waals surface area contributed by atoms with Crippen LogP contribution in [0.2, 0.25) is 0 Å². The Morgan fingerprint density at radius 1 is 1.28 bits per heavy atom. The van der Waals surface area contributed by atoms with E-state index in [1.54, 1.807) is 34.9 Å². The Labute approximate surface area is 181 Å². The highest BCUT2D eigenvalue weighted by molar-refractivity contribution is 5.99. The second-order valence-corrected chi connectivity index (χ2v) is 7.91. The standard InChI is InChI=1S/C23H17F2N5O2/c1-3-13-6-7-30-17(8-13)27-18(19(30)20(26)31)16-9-14(5-4-12(16)2)21-28-22(32-29-21)15-10-23(24,25)11-15/h1,4-9,15H,10-11H2,2H3,(H2,26,31). The number of benzene rings is 1. The largest absolute Gasteiger partial charge is 0.364 e. The molecule has 1 saturated carbocycles. The molecule has 9 heteroatoms. The molecule has 0 atom stereocenters. The van der Waals surface area contributed by atoms with Gasteiger partial charge in [-0.1, -0.05) is 23.2 Å². The van der Waals surface area contributed by atoms with Crippen LogP contribution in [-0.4, -0.2) is 31.4 Å². The van der Waals surface area contributed by atoms with Gasteiger partial charge in [0.2, 0.25) is 17.6 Å². The molecule has 5 rings (SSSR count). The summed E-state index contributed by atoms with van der Waals surface area (Å²) in [6.45, 7) is 1.87. The van der Waals surface area contributed by atoms with Gasteiger partial charge in [0.1, 0.15) is 17.0 Å². The van der Waals surface area contributed by atoms with Crippen molar-refractivity contribution in [2.45, 2.75) is 31.6 Å². The highest BCUT2D eigenvalue weighted by Crippen LogP contribution is 2.48. The van der Waals surface area contributed by atoms with E-state index in [1.807, 2.05) is 13.0 Å². The van der Waals surface area contributed by atoms with Gasteiger partial charge >= 0.3 is 0 Å². The summed E-state index contributed by atoms with van der Waals surface area (Å²) >= 11 is 0. The number of halogens is 2. The normalized spacial score (nSPS) is 15.4. The molecule has 3 aromatic heterocycles. The summed E-state index contributed by atoms with van der Waals surface area (Å²) in [5.74, 6) is -0.750. The molecule has 0 saturated heterocycles. The third-order valence-electron chi connectivity index (χ3n) is 5.66. The van der Waals surface area contributed by atoms with E-state index in [2.05, 4.69) is 21.0 Å². The van der Waals surface area contributed by atoms with Crippen LogP contribution in [0.15, 0.2) is 41.1 Å². The van der Waals surface area contributed by atoms with E-state index in [0.29, 0.717) is 28.0 Å². The van der Waals surface area contributed by atoms with Crippen molar-refractivity contribution < 1.29 is 18.1 Å². The van der Waals surface area contributed by atoms with Crippen LogP contribution in [0, 0.1) is 19.3 Å². The van der Waals surface area contributed by atoms with Crippen LogP contribution in [0.3, 0.4) is 0 Å². The summed E-state index contributed by atoms with van der Waals surface area (Å²) in [5, 5.41) is 3.95. The fourth-order valence-electron chi connectivity index (χ4n) is 3.93. The number of carbonyl (C=O) groups excluding carboxylic acids is 1. The molecule has 1 aromatic carbocycles. The van der Waals surface area contributed by atoms with E-state index in [-0.39, 0.29) is 30.3 Å². The second kappa shape index (κ2) is 6.99. The third-order valence-corrected chi connectivity index (χ3v) is 5.66. The van der Waals surface area contributed by atoms with Crippen LogP contribution in [0.25, 0.3) is 28.3 Å². The number of primary amides is 1. The number of fused-ring (bicyclic) bond motifs is 1. The number of carbonyl (C=O) groups is 1. The van der Waals surface area contributed by atoms with E-state index in [0.717, 1.165) is 5.56 Å². The molecule has 7 nitrogen and oxygen atoms in total. The Bertz CT molecular complexity index is 1420. The SMILES string of the molecule is C#Cc1ccn2c(C(N)=O)c(-c3cc(-c4noc(C5CC(F)(F)C5)n4)ccc3C)nc2c1. The van der Waals surface area contributed by atoms with Crippen molar-refractivity contribution in [1.82, 2.24) is 19.5 Å². The molecular formula is C23H17F2N5O2. The first-order valence-corrected chi connectivity index (χ1v) is 9.87. The summed E-state index contributed by atoms with van der Waals surface area (Å²) in [7, 11) is 0. The molecule has 0 bridgehead atoms. The number of terminal acetylenes is 1. The van der Waals surface area contributed by atoms with Gasteiger partial charge in [0.25, 0.3) is 5.91 Å². The van der Waals surface area contributed by atoms with Crippen molar-refractivity contribution in [3.63, 3.8) is 0 Å². The average molecular weight is 433 g/mol. The van der Waals surface area contributed by atoms with Gasteiger partial charge in [-0.15, -0.1) is 6.42 Å². The Balaban J connectivity index is 1.59. The zero-order valence-corrected chi connectivity index (χ0v) is 17.0. The molecule has 2 N–H and O–H groups in total. The number of aromatic nitrogens is 4. The summed E-state index contributed by atoms with van der Waals surface area (Å²) in [4.78, 5) is 21.2. The Hall–Kier alpha value is -4.06. The Morgan fingerprint density at radius 2 is 2.06 bits per heavy atom. The molecule has 1 fully saturated rings. The van der Waals surface area contributed by atoms with Gasteiger partial charge < -0.3 is 10.3 Å².